The summed E-state index contributed by atoms with van der Waals surface area (Å²) in [6.07, 6.45) is -4.38. The summed E-state index contributed by atoms with van der Waals surface area (Å²) in [7, 11) is 0. The number of anilines is 1. The van der Waals surface area contributed by atoms with Crippen molar-refractivity contribution in [3.63, 3.8) is 0 Å². The number of nitrogens with zero attached hydrogens (tertiary/aromatic N) is 3. The first-order valence-electron chi connectivity index (χ1n) is 4.63. The zero-order valence-electron chi connectivity index (χ0n) is 8.49. The van der Waals surface area contributed by atoms with Crippen LogP contribution in [0.4, 0.5) is 19.1 Å². The highest BCUT2D eigenvalue weighted by Gasteiger charge is 2.29. The molecular weight excluding hydrogens is 233 g/mol. The van der Waals surface area contributed by atoms with E-state index in [2.05, 4.69) is 4.98 Å². The van der Waals surface area contributed by atoms with E-state index < -0.39 is 12.7 Å². The molecule has 0 fully saturated rings. The van der Waals surface area contributed by atoms with Crippen molar-refractivity contribution in [1.82, 2.24) is 9.55 Å². The zero-order valence-corrected chi connectivity index (χ0v) is 8.49. The second-order valence-corrected chi connectivity index (χ2v) is 3.49. The van der Waals surface area contributed by atoms with E-state index in [9.17, 15) is 13.2 Å². The van der Waals surface area contributed by atoms with Gasteiger partial charge in [-0.25, -0.2) is 4.98 Å². The van der Waals surface area contributed by atoms with Crippen molar-refractivity contribution in [1.29, 1.82) is 5.26 Å². The number of nitrogens with two attached hydrogens (primary N) is 1. The van der Waals surface area contributed by atoms with Gasteiger partial charge in [-0.2, -0.15) is 18.4 Å². The van der Waals surface area contributed by atoms with Gasteiger partial charge in [-0.3, -0.25) is 0 Å². The number of fused-ring (bicyclic) bond motifs is 1. The maximum atomic E-state index is 12.3. The third kappa shape index (κ3) is 2.15. The van der Waals surface area contributed by atoms with Crippen LogP contribution in [0, 0.1) is 11.3 Å². The van der Waals surface area contributed by atoms with E-state index in [0.717, 1.165) is 4.57 Å². The van der Waals surface area contributed by atoms with Crippen LogP contribution in [0.5, 0.6) is 0 Å². The fraction of sp³-hybridized carbons (Fsp3) is 0.200. The third-order valence-corrected chi connectivity index (χ3v) is 2.24. The van der Waals surface area contributed by atoms with Gasteiger partial charge in [0.25, 0.3) is 0 Å². The molecule has 0 atom stereocenters. The van der Waals surface area contributed by atoms with Crippen molar-refractivity contribution in [2.45, 2.75) is 12.7 Å². The van der Waals surface area contributed by atoms with E-state index in [1.807, 2.05) is 6.07 Å². The summed E-state index contributed by atoms with van der Waals surface area (Å²) in [5.74, 6) is -0.215. The second kappa shape index (κ2) is 3.66. The summed E-state index contributed by atoms with van der Waals surface area (Å²) in [6.45, 7) is -1.22. The molecule has 0 aliphatic heterocycles. The summed E-state index contributed by atoms with van der Waals surface area (Å²) < 4.78 is 37.9. The number of rotatable bonds is 1. The highest BCUT2D eigenvalue weighted by atomic mass is 19.4. The smallest absolute Gasteiger partial charge is 0.369 e. The minimum absolute atomic E-state index is 0.207. The van der Waals surface area contributed by atoms with Crippen molar-refractivity contribution in [2.24, 2.45) is 0 Å². The molecule has 0 saturated heterocycles. The van der Waals surface area contributed by atoms with Crippen LogP contribution in [0.1, 0.15) is 5.56 Å². The van der Waals surface area contributed by atoms with Crippen molar-refractivity contribution >= 4 is 17.0 Å². The lowest BCUT2D eigenvalue weighted by atomic mass is 10.2. The van der Waals surface area contributed by atoms with E-state index in [-0.39, 0.29) is 17.0 Å². The highest BCUT2D eigenvalue weighted by Crippen LogP contribution is 2.25. The molecule has 2 rings (SSSR count). The number of halogens is 3. The molecule has 0 bridgehead atoms. The number of benzene rings is 1. The van der Waals surface area contributed by atoms with Gasteiger partial charge in [0.15, 0.2) is 0 Å². The number of imidazole rings is 1. The molecule has 4 nitrogen and oxygen atoms in total. The lowest BCUT2D eigenvalue weighted by molar-refractivity contribution is -0.139. The van der Waals surface area contributed by atoms with Gasteiger partial charge in [0.1, 0.15) is 6.54 Å². The largest absolute Gasteiger partial charge is 0.406 e. The Labute approximate surface area is 94.1 Å². The van der Waals surface area contributed by atoms with Crippen LogP contribution in [0.3, 0.4) is 0 Å². The van der Waals surface area contributed by atoms with Gasteiger partial charge >= 0.3 is 6.18 Å². The van der Waals surface area contributed by atoms with Crippen LogP contribution in [0.25, 0.3) is 11.0 Å². The molecule has 17 heavy (non-hydrogen) atoms. The first kappa shape index (κ1) is 11.3. The number of hydrogen-bond donors (Lipinski definition) is 1. The van der Waals surface area contributed by atoms with Gasteiger partial charge in [-0.05, 0) is 18.2 Å². The molecule has 1 aromatic heterocycles. The van der Waals surface area contributed by atoms with Crippen molar-refractivity contribution < 1.29 is 13.2 Å². The van der Waals surface area contributed by atoms with Gasteiger partial charge in [-0.15, -0.1) is 0 Å². The molecule has 0 radical (unpaired) electrons. The standard InChI is InChI=1S/C10H7F3N4/c11-10(12,13)5-17-8-3-6(4-14)1-2-7(8)16-9(17)15/h1-3H,5H2,(H2,15,16). The summed E-state index contributed by atoms with van der Waals surface area (Å²) in [5, 5.41) is 8.69. The van der Waals surface area contributed by atoms with Crippen LogP contribution < -0.4 is 5.73 Å². The predicted octanol–water partition coefficient (Wildman–Crippen LogP) is 2.05. The third-order valence-electron chi connectivity index (χ3n) is 2.24. The van der Waals surface area contributed by atoms with Gasteiger partial charge < -0.3 is 10.3 Å². The maximum Gasteiger partial charge on any atom is 0.406 e. The molecule has 1 aromatic carbocycles. The monoisotopic (exact) mass is 240 g/mol. The van der Waals surface area contributed by atoms with Gasteiger partial charge in [0.2, 0.25) is 5.95 Å². The van der Waals surface area contributed by atoms with Crippen molar-refractivity contribution in [3.05, 3.63) is 23.8 Å². The summed E-state index contributed by atoms with van der Waals surface area (Å²) in [4.78, 5) is 3.80. The lowest BCUT2D eigenvalue weighted by Gasteiger charge is -2.09. The van der Waals surface area contributed by atoms with Crippen LogP contribution in [0.2, 0.25) is 0 Å². The molecule has 0 aliphatic carbocycles. The highest BCUT2D eigenvalue weighted by molar-refractivity contribution is 5.79. The second-order valence-electron chi connectivity index (χ2n) is 3.49. The molecular formula is C10H7F3N4. The number of aromatic nitrogens is 2. The lowest BCUT2D eigenvalue weighted by Crippen LogP contribution is -2.19. The van der Waals surface area contributed by atoms with Crippen molar-refractivity contribution in [3.8, 4) is 6.07 Å². The van der Waals surface area contributed by atoms with Crippen LogP contribution in [0.15, 0.2) is 18.2 Å². The molecule has 7 heteroatoms. The Morgan fingerprint density at radius 3 is 2.71 bits per heavy atom. The first-order valence-corrected chi connectivity index (χ1v) is 4.63. The molecule has 0 spiro atoms. The number of nitriles is 1. The first-order chi connectivity index (χ1) is 7.90. The van der Waals surface area contributed by atoms with E-state index in [1.54, 1.807) is 0 Å². The maximum absolute atomic E-state index is 12.3. The van der Waals surface area contributed by atoms with E-state index >= 15 is 0 Å². The van der Waals surface area contributed by atoms with E-state index in [4.69, 9.17) is 11.0 Å². The van der Waals surface area contributed by atoms with E-state index in [1.165, 1.54) is 18.2 Å². The fourth-order valence-corrected chi connectivity index (χ4v) is 1.56. The predicted molar refractivity (Wildman–Crippen MR) is 54.9 cm³/mol. The number of nitrogen functional groups attached to an aromatic ring is 1. The van der Waals surface area contributed by atoms with Gasteiger partial charge in [0.05, 0.1) is 22.7 Å². The normalized spacial score (nSPS) is 11.6. The minimum Gasteiger partial charge on any atom is -0.369 e. The molecule has 0 unspecified atom stereocenters. The van der Waals surface area contributed by atoms with Crippen molar-refractivity contribution in [2.75, 3.05) is 5.73 Å². The minimum atomic E-state index is -4.38. The molecule has 2 N–H and O–H groups in total. The average molecular weight is 240 g/mol. The van der Waals surface area contributed by atoms with Crippen LogP contribution in [-0.2, 0) is 6.54 Å². The number of alkyl halides is 3. The number of hydrogen-bond acceptors (Lipinski definition) is 3. The van der Waals surface area contributed by atoms with Gasteiger partial charge in [0, 0.05) is 0 Å². The molecule has 88 valence electrons. The molecule has 0 saturated carbocycles. The Bertz CT molecular complexity index is 606. The Morgan fingerprint density at radius 1 is 1.41 bits per heavy atom. The molecule has 1 heterocycles. The average Bonchev–Trinajstić information content (AvgIpc) is 2.53. The van der Waals surface area contributed by atoms with E-state index in [0.29, 0.717) is 5.52 Å². The fourth-order valence-electron chi connectivity index (χ4n) is 1.56. The molecule has 0 aliphatic rings. The Hall–Kier alpha value is -2.23. The SMILES string of the molecule is N#Cc1ccc2nc(N)n(CC(F)(F)F)c2c1. The molecule has 0 amide bonds. The summed E-state index contributed by atoms with van der Waals surface area (Å²) in [6, 6.07) is 6.14. The Kier molecular flexibility index (Phi) is 2.42. The van der Waals surface area contributed by atoms with Crippen LogP contribution in [-0.4, -0.2) is 15.7 Å². The quantitative estimate of drug-likeness (QED) is 0.829. The Balaban J connectivity index is 2.61. The summed E-state index contributed by atoms with van der Waals surface area (Å²) in [5.41, 5.74) is 6.23. The summed E-state index contributed by atoms with van der Waals surface area (Å²) >= 11 is 0. The Morgan fingerprint density at radius 2 is 2.12 bits per heavy atom. The topological polar surface area (TPSA) is 67.6 Å². The van der Waals surface area contributed by atoms with Gasteiger partial charge in [-0.1, -0.05) is 0 Å². The molecule has 2 aromatic rings. The van der Waals surface area contributed by atoms with Crippen LogP contribution >= 0.6 is 0 Å². The zero-order chi connectivity index (χ0) is 12.6.